The van der Waals surface area contributed by atoms with Gasteiger partial charge in [0.1, 0.15) is 10.0 Å². The minimum atomic E-state index is 0.621. The van der Waals surface area contributed by atoms with Crippen LogP contribution in [0.25, 0.3) is 0 Å². The Balaban J connectivity index is 2.01. The highest BCUT2D eigenvalue weighted by Gasteiger charge is 2.27. The van der Waals surface area contributed by atoms with Gasteiger partial charge in [-0.3, -0.25) is 0 Å². The first-order valence-corrected chi connectivity index (χ1v) is 6.61. The highest BCUT2D eigenvalue weighted by atomic mass is 32.1. The lowest BCUT2D eigenvalue weighted by Crippen LogP contribution is -2.35. The van der Waals surface area contributed by atoms with Gasteiger partial charge in [-0.15, -0.1) is 10.2 Å². The fourth-order valence-corrected chi connectivity index (χ4v) is 2.58. The molecule has 0 spiro atoms. The van der Waals surface area contributed by atoms with E-state index in [1.807, 2.05) is 38.0 Å². The molecule has 1 aromatic rings. The van der Waals surface area contributed by atoms with Crippen molar-refractivity contribution in [3.63, 3.8) is 0 Å². The van der Waals surface area contributed by atoms with Crippen LogP contribution in [0.5, 0.6) is 0 Å². The first-order chi connectivity index (χ1) is 8.08. The number of aliphatic imine (C=N–C) groups is 1. The van der Waals surface area contributed by atoms with Gasteiger partial charge in [0.15, 0.2) is 5.96 Å². The molecule has 2 rings (SSSR count). The van der Waals surface area contributed by atoms with Crippen LogP contribution in [-0.4, -0.2) is 54.1 Å². The molecule has 17 heavy (non-hydrogen) atoms. The fourth-order valence-electron chi connectivity index (χ4n) is 1.65. The maximum absolute atomic E-state index is 4.56. The van der Waals surface area contributed by atoms with Gasteiger partial charge in [0.25, 0.3) is 0 Å². The average Bonchev–Trinajstić information content (AvgIpc) is 2.99. The van der Waals surface area contributed by atoms with Crippen molar-refractivity contribution in [1.82, 2.24) is 20.0 Å². The van der Waals surface area contributed by atoms with Crippen LogP contribution in [0, 0.1) is 0 Å². The zero-order valence-corrected chi connectivity index (χ0v) is 11.7. The molecule has 0 radical (unpaired) electrons. The predicted octanol–water partition coefficient (Wildman–Crippen LogP) is 1.39. The molecule has 94 valence electrons. The smallest absolute Gasteiger partial charge is 0.195 e. The molecule has 0 aromatic carbocycles. The van der Waals surface area contributed by atoms with Crippen molar-refractivity contribution in [2.45, 2.75) is 25.3 Å². The molecular formula is C11H19N5S. The Morgan fingerprint density at radius 2 is 1.88 bits per heavy atom. The Hall–Kier alpha value is -1.17. The number of nitrogens with zero attached hydrogens (tertiary/aromatic N) is 5. The van der Waals surface area contributed by atoms with E-state index < -0.39 is 0 Å². The molecule has 0 aliphatic heterocycles. The van der Waals surface area contributed by atoms with Crippen LogP contribution < -0.4 is 0 Å². The quantitative estimate of drug-likeness (QED) is 0.603. The van der Waals surface area contributed by atoms with E-state index in [1.54, 1.807) is 11.3 Å². The Morgan fingerprint density at radius 1 is 1.24 bits per heavy atom. The normalized spacial score (nSPS) is 14.6. The summed E-state index contributed by atoms with van der Waals surface area (Å²) in [6.45, 7) is 0.621. The van der Waals surface area contributed by atoms with Crippen LogP contribution in [-0.2, 0) is 6.54 Å². The SMILES string of the molecule is CN(C)C(=NCc1nnc(C2CC2)s1)N(C)C. The van der Waals surface area contributed by atoms with E-state index in [1.165, 1.54) is 17.8 Å². The van der Waals surface area contributed by atoms with Crippen molar-refractivity contribution in [2.24, 2.45) is 4.99 Å². The van der Waals surface area contributed by atoms with Crippen molar-refractivity contribution in [3.05, 3.63) is 10.0 Å². The Bertz CT molecular complexity index is 396. The van der Waals surface area contributed by atoms with Crippen molar-refractivity contribution in [2.75, 3.05) is 28.2 Å². The lowest BCUT2D eigenvalue weighted by Gasteiger charge is -2.22. The molecule has 5 nitrogen and oxygen atoms in total. The van der Waals surface area contributed by atoms with Crippen molar-refractivity contribution >= 4 is 17.3 Å². The average molecular weight is 253 g/mol. The number of rotatable bonds is 3. The van der Waals surface area contributed by atoms with Crippen LogP contribution in [0.3, 0.4) is 0 Å². The molecule has 1 aliphatic rings. The summed E-state index contributed by atoms with van der Waals surface area (Å²) in [5.41, 5.74) is 0. The van der Waals surface area contributed by atoms with Gasteiger partial charge in [-0.2, -0.15) is 0 Å². The maximum atomic E-state index is 4.56. The molecule has 1 heterocycles. The largest absolute Gasteiger partial charge is 0.349 e. The molecule has 0 atom stereocenters. The van der Waals surface area contributed by atoms with E-state index in [0.717, 1.165) is 11.0 Å². The summed E-state index contributed by atoms with van der Waals surface area (Å²) >= 11 is 1.70. The summed E-state index contributed by atoms with van der Waals surface area (Å²) in [4.78, 5) is 8.57. The van der Waals surface area contributed by atoms with Crippen molar-refractivity contribution in [3.8, 4) is 0 Å². The summed E-state index contributed by atoms with van der Waals surface area (Å²) in [7, 11) is 7.98. The molecular weight excluding hydrogens is 234 g/mol. The summed E-state index contributed by atoms with van der Waals surface area (Å²) in [6, 6.07) is 0. The highest BCUT2D eigenvalue weighted by Crippen LogP contribution is 2.41. The molecule has 0 bridgehead atoms. The molecule has 0 saturated heterocycles. The van der Waals surface area contributed by atoms with Crippen LogP contribution in [0.4, 0.5) is 0 Å². The Labute approximate surface area is 106 Å². The minimum absolute atomic E-state index is 0.621. The monoisotopic (exact) mass is 253 g/mol. The second-order valence-electron chi connectivity index (χ2n) is 4.71. The number of guanidine groups is 1. The third-order valence-corrected chi connectivity index (χ3v) is 3.64. The molecule has 0 unspecified atom stereocenters. The van der Waals surface area contributed by atoms with Gasteiger partial charge in [0.05, 0.1) is 6.54 Å². The zero-order valence-electron chi connectivity index (χ0n) is 10.8. The first-order valence-electron chi connectivity index (χ1n) is 5.79. The van der Waals surface area contributed by atoms with E-state index in [0.29, 0.717) is 12.5 Å². The second kappa shape index (κ2) is 5.00. The molecule has 1 aliphatic carbocycles. The summed E-state index contributed by atoms with van der Waals surface area (Å²) in [5.74, 6) is 1.64. The van der Waals surface area contributed by atoms with Crippen LogP contribution in [0.2, 0.25) is 0 Å². The summed E-state index contributed by atoms with van der Waals surface area (Å²) < 4.78 is 0. The van der Waals surface area contributed by atoms with E-state index in [2.05, 4.69) is 15.2 Å². The lowest BCUT2D eigenvalue weighted by molar-refractivity contribution is 0.479. The van der Waals surface area contributed by atoms with Gasteiger partial charge in [-0.05, 0) is 12.8 Å². The number of hydrogen-bond acceptors (Lipinski definition) is 4. The number of hydrogen-bond donors (Lipinski definition) is 0. The first kappa shape index (κ1) is 12.3. The molecule has 0 N–H and O–H groups in total. The third-order valence-electron chi connectivity index (χ3n) is 2.56. The van der Waals surface area contributed by atoms with E-state index in [9.17, 15) is 0 Å². The molecule has 0 amide bonds. The van der Waals surface area contributed by atoms with Crippen molar-refractivity contribution < 1.29 is 0 Å². The van der Waals surface area contributed by atoms with Crippen molar-refractivity contribution in [1.29, 1.82) is 0 Å². The highest BCUT2D eigenvalue weighted by molar-refractivity contribution is 7.11. The minimum Gasteiger partial charge on any atom is -0.349 e. The maximum Gasteiger partial charge on any atom is 0.195 e. The Kier molecular flexibility index (Phi) is 3.61. The van der Waals surface area contributed by atoms with Crippen LogP contribution in [0.1, 0.15) is 28.8 Å². The standard InChI is InChI=1S/C11H19N5S/c1-15(2)11(16(3)4)12-7-9-13-14-10(17-9)8-5-6-8/h8H,5-7H2,1-4H3. The van der Waals surface area contributed by atoms with Gasteiger partial charge in [0.2, 0.25) is 0 Å². The predicted molar refractivity (Wildman–Crippen MR) is 70.4 cm³/mol. The van der Waals surface area contributed by atoms with E-state index in [-0.39, 0.29) is 0 Å². The van der Waals surface area contributed by atoms with Gasteiger partial charge < -0.3 is 9.80 Å². The van der Waals surface area contributed by atoms with Gasteiger partial charge in [-0.1, -0.05) is 11.3 Å². The third kappa shape index (κ3) is 3.15. The molecule has 1 fully saturated rings. The molecule has 6 heteroatoms. The van der Waals surface area contributed by atoms with Gasteiger partial charge in [0, 0.05) is 34.1 Å². The van der Waals surface area contributed by atoms with E-state index in [4.69, 9.17) is 0 Å². The summed E-state index contributed by atoms with van der Waals surface area (Å²) in [5, 5.41) is 10.6. The second-order valence-corrected chi connectivity index (χ2v) is 5.81. The molecule has 1 aromatic heterocycles. The zero-order chi connectivity index (χ0) is 12.4. The fraction of sp³-hybridized carbons (Fsp3) is 0.727. The summed E-state index contributed by atoms with van der Waals surface area (Å²) in [6.07, 6.45) is 2.55. The Morgan fingerprint density at radius 3 is 2.41 bits per heavy atom. The van der Waals surface area contributed by atoms with Crippen LogP contribution in [0.15, 0.2) is 4.99 Å². The topological polar surface area (TPSA) is 44.6 Å². The van der Waals surface area contributed by atoms with Gasteiger partial charge >= 0.3 is 0 Å². The van der Waals surface area contributed by atoms with Gasteiger partial charge in [-0.25, -0.2) is 4.99 Å². The van der Waals surface area contributed by atoms with E-state index >= 15 is 0 Å². The lowest BCUT2D eigenvalue weighted by atomic mass is 10.5. The number of aromatic nitrogens is 2. The molecule has 1 saturated carbocycles. The van der Waals surface area contributed by atoms with Crippen LogP contribution >= 0.6 is 11.3 Å².